The van der Waals surface area contributed by atoms with Crippen molar-refractivity contribution in [1.29, 1.82) is 5.26 Å². The van der Waals surface area contributed by atoms with Crippen LogP contribution in [0.3, 0.4) is 0 Å². The van der Waals surface area contributed by atoms with E-state index in [9.17, 15) is 15.2 Å². The normalized spacial score (nSPS) is 17.8. The molecule has 1 aliphatic rings. The fraction of sp³-hybridized carbons (Fsp3) is 0.500. The summed E-state index contributed by atoms with van der Waals surface area (Å²) in [5.74, 6) is -0.234. The number of anilines is 1. The zero-order valence-corrected chi connectivity index (χ0v) is 11.6. The number of amides is 1. The summed E-state index contributed by atoms with van der Waals surface area (Å²) in [5, 5.41) is 21.6. The third kappa shape index (κ3) is 3.00. The van der Waals surface area contributed by atoms with Gasteiger partial charge in [-0.15, -0.1) is 0 Å². The van der Waals surface area contributed by atoms with Crippen molar-refractivity contribution in [3.8, 4) is 6.07 Å². The Morgan fingerprint density at radius 2 is 1.90 bits per heavy atom. The summed E-state index contributed by atoms with van der Waals surface area (Å²) in [5.41, 5.74) is 0.348. The summed E-state index contributed by atoms with van der Waals surface area (Å²) < 4.78 is 0. The summed E-state index contributed by atoms with van der Waals surface area (Å²) in [7, 11) is 0. The summed E-state index contributed by atoms with van der Waals surface area (Å²) in [6.07, 6.45) is 5.26. The average Bonchev–Trinajstić information content (AvgIpc) is 2.74. The Balaban J connectivity index is 2.19. The largest absolute Gasteiger partial charge is 0.392 e. The predicted molar refractivity (Wildman–Crippen MR) is 76.7 cm³/mol. The maximum absolute atomic E-state index is 12.5. The maximum atomic E-state index is 12.5. The number of aliphatic hydroxyl groups is 1. The van der Waals surface area contributed by atoms with Gasteiger partial charge in [0.15, 0.2) is 0 Å². The Morgan fingerprint density at radius 3 is 2.50 bits per heavy atom. The number of nitriles is 1. The van der Waals surface area contributed by atoms with Crippen LogP contribution in [0.25, 0.3) is 0 Å². The first-order chi connectivity index (χ1) is 9.72. The SMILES string of the molecule is N#CC1(C(=O)Nc2ccccc2CO)CCCCCC1. The lowest BCUT2D eigenvalue weighted by Gasteiger charge is -2.24. The average molecular weight is 272 g/mol. The molecule has 1 saturated carbocycles. The fourth-order valence-electron chi connectivity index (χ4n) is 2.74. The van der Waals surface area contributed by atoms with Crippen LogP contribution in [-0.2, 0) is 11.4 Å². The van der Waals surface area contributed by atoms with Crippen LogP contribution in [0.2, 0.25) is 0 Å². The topological polar surface area (TPSA) is 73.1 Å². The molecular weight excluding hydrogens is 252 g/mol. The molecule has 0 bridgehead atoms. The summed E-state index contributed by atoms with van der Waals surface area (Å²) in [6.45, 7) is -0.129. The van der Waals surface area contributed by atoms with E-state index in [1.54, 1.807) is 18.2 Å². The molecule has 0 saturated heterocycles. The summed E-state index contributed by atoms with van der Waals surface area (Å²) >= 11 is 0. The number of aliphatic hydroxyl groups excluding tert-OH is 1. The third-order valence-corrected chi connectivity index (χ3v) is 4.04. The van der Waals surface area contributed by atoms with E-state index < -0.39 is 5.41 Å². The molecule has 20 heavy (non-hydrogen) atoms. The Labute approximate surface area is 119 Å². The zero-order chi connectivity index (χ0) is 14.4. The van der Waals surface area contributed by atoms with Crippen molar-refractivity contribution < 1.29 is 9.90 Å². The molecule has 4 nitrogen and oxygen atoms in total. The molecule has 0 unspecified atom stereocenters. The molecule has 4 heteroatoms. The molecular formula is C16H20N2O2. The number of para-hydroxylation sites is 1. The minimum absolute atomic E-state index is 0.129. The molecule has 1 fully saturated rings. The number of hydrogen-bond acceptors (Lipinski definition) is 3. The molecule has 2 N–H and O–H groups in total. The molecule has 1 aliphatic carbocycles. The minimum atomic E-state index is -0.918. The lowest BCUT2D eigenvalue weighted by molar-refractivity contribution is -0.123. The Kier molecular flexibility index (Phi) is 4.75. The van der Waals surface area contributed by atoms with Crippen molar-refractivity contribution in [1.82, 2.24) is 0 Å². The standard InChI is InChI=1S/C16H20N2O2/c17-12-16(9-5-1-2-6-10-16)15(20)18-14-8-4-3-7-13(14)11-19/h3-4,7-8,19H,1-2,5-6,9-11H2,(H,18,20). The van der Waals surface area contributed by atoms with E-state index in [1.807, 2.05) is 6.07 Å². The van der Waals surface area contributed by atoms with Gasteiger partial charge in [0.2, 0.25) is 5.91 Å². The first-order valence-corrected chi connectivity index (χ1v) is 7.13. The van der Waals surface area contributed by atoms with Gasteiger partial charge in [0.25, 0.3) is 0 Å². The Hall–Kier alpha value is -1.86. The van der Waals surface area contributed by atoms with Gasteiger partial charge >= 0.3 is 0 Å². The van der Waals surface area contributed by atoms with Crippen LogP contribution in [0.1, 0.15) is 44.1 Å². The second kappa shape index (κ2) is 6.53. The third-order valence-electron chi connectivity index (χ3n) is 4.04. The predicted octanol–water partition coefficient (Wildman–Crippen LogP) is 2.98. The molecule has 1 amide bonds. The van der Waals surface area contributed by atoms with Gasteiger partial charge in [-0.25, -0.2) is 0 Å². The van der Waals surface area contributed by atoms with E-state index in [1.165, 1.54) is 0 Å². The highest BCUT2D eigenvalue weighted by molar-refractivity contribution is 5.97. The van der Waals surface area contributed by atoms with Gasteiger partial charge in [-0.3, -0.25) is 4.79 Å². The van der Waals surface area contributed by atoms with E-state index in [-0.39, 0.29) is 12.5 Å². The van der Waals surface area contributed by atoms with Gasteiger partial charge in [-0.1, -0.05) is 43.9 Å². The Bertz CT molecular complexity index is 511. The summed E-state index contributed by atoms with van der Waals surface area (Å²) in [6, 6.07) is 9.38. The second-order valence-corrected chi connectivity index (χ2v) is 5.38. The van der Waals surface area contributed by atoms with E-state index in [0.29, 0.717) is 24.1 Å². The van der Waals surface area contributed by atoms with Crippen LogP contribution in [-0.4, -0.2) is 11.0 Å². The quantitative estimate of drug-likeness (QED) is 0.831. The molecule has 0 heterocycles. The van der Waals surface area contributed by atoms with Crippen molar-refractivity contribution in [2.24, 2.45) is 5.41 Å². The van der Waals surface area contributed by atoms with Crippen LogP contribution < -0.4 is 5.32 Å². The zero-order valence-electron chi connectivity index (χ0n) is 11.6. The number of rotatable bonds is 3. The molecule has 2 rings (SSSR count). The van der Waals surface area contributed by atoms with E-state index >= 15 is 0 Å². The van der Waals surface area contributed by atoms with E-state index in [2.05, 4.69) is 11.4 Å². The lowest BCUT2D eigenvalue weighted by atomic mass is 9.81. The molecule has 1 aromatic rings. The summed E-state index contributed by atoms with van der Waals surface area (Å²) in [4.78, 5) is 12.5. The van der Waals surface area contributed by atoms with Crippen LogP contribution in [0, 0.1) is 16.7 Å². The van der Waals surface area contributed by atoms with Gasteiger partial charge < -0.3 is 10.4 Å². The Morgan fingerprint density at radius 1 is 1.25 bits per heavy atom. The van der Waals surface area contributed by atoms with Crippen molar-refractivity contribution in [3.63, 3.8) is 0 Å². The first-order valence-electron chi connectivity index (χ1n) is 7.13. The van der Waals surface area contributed by atoms with Crippen LogP contribution in [0.15, 0.2) is 24.3 Å². The lowest BCUT2D eigenvalue weighted by Crippen LogP contribution is -2.34. The van der Waals surface area contributed by atoms with Crippen LogP contribution in [0.5, 0.6) is 0 Å². The highest BCUT2D eigenvalue weighted by Gasteiger charge is 2.39. The molecule has 0 radical (unpaired) electrons. The monoisotopic (exact) mass is 272 g/mol. The second-order valence-electron chi connectivity index (χ2n) is 5.38. The van der Waals surface area contributed by atoms with Crippen LogP contribution in [0.4, 0.5) is 5.69 Å². The van der Waals surface area contributed by atoms with Gasteiger partial charge in [-0.2, -0.15) is 5.26 Å². The highest BCUT2D eigenvalue weighted by atomic mass is 16.3. The molecule has 0 spiro atoms. The first kappa shape index (κ1) is 14.5. The van der Waals surface area contributed by atoms with Gasteiger partial charge in [0.05, 0.1) is 12.7 Å². The number of benzene rings is 1. The van der Waals surface area contributed by atoms with Crippen molar-refractivity contribution in [3.05, 3.63) is 29.8 Å². The molecule has 0 atom stereocenters. The van der Waals surface area contributed by atoms with Crippen molar-refractivity contribution >= 4 is 11.6 Å². The van der Waals surface area contributed by atoms with Crippen LogP contribution >= 0.6 is 0 Å². The maximum Gasteiger partial charge on any atom is 0.244 e. The van der Waals surface area contributed by atoms with Gasteiger partial charge in [-0.05, 0) is 18.9 Å². The molecule has 1 aromatic carbocycles. The number of hydrogen-bond donors (Lipinski definition) is 2. The van der Waals surface area contributed by atoms with E-state index in [0.717, 1.165) is 25.7 Å². The molecule has 0 aromatic heterocycles. The fourth-order valence-corrected chi connectivity index (χ4v) is 2.74. The number of nitrogens with one attached hydrogen (secondary N) is 1. The van der Waals surface area contributed by atoms with E-state index in [4.69, 9.17) is 0 Å². The van der Waals surface area contributed by atoms with Crippen molar-refractivity contribution in [2.45, 2.75) is 45.1 Å². The number of carbonyl (C=O) groups is 1. The highest BCUT2D eigenvalue weighted by Crippen LogP contribution is 2.35. The molecule has 106 valence electrons. The number of carbonyl (C=O) groups excluding carboxylic acids is 1. The van der Waals surface area contributed by atoms with Gasteiger partial charge in [0.1, 0.15) is 5.41 Å². The van der Waals surface area contributed by atoms with Gasteiger partial charge in [0, 0.05) is 11.3 Å². The minimum Gasteiger partial charge on any atom is -0.392 e. The smallest absolute Gasteiger partial charge is 0.244 e. The molecule has 0 aliphatic heterocycles. The van der Waals surface area contributed by atoms with Crippen molar-refractivity contribution in [2.75, 3.05) is 5.32 Å². The number of nitrogens with zero attached hydrogens (tertiary/aromatic N) is 1.